The number of rotatable bonds is 0. The van der Waals surface area contributed by atoms with Crippen LogP contribution in [0.1, 0.15) is 0 Å². The summed E-state index contributed by atoms with van der Waals surface area (Å²) in [6.07, 6.45) is 0. The van der Waals surface area contributed by atoms with Gasteiger partial charge in [-0.3, -0.25) is 0 Å². The monoisotopic (exact) mass is 132 g/mol. The topological polar surface area (TPSA) is 47.6 Å². The Bertz CT molecular complexity index is 62.6. The fourth-order valence-electron chi connectivity index (χ4n) is 0. The normalized spacial score (nSPS) is 2.00. The second kappa shape index (κ2) is 9.72. The number of nitrogens with zero attached hydrogens (tertiary/aromatic N) is 2. The van der Waals surface area contributed by atoms with Crippen molar-refractivity contribution in [3.05, 3.63) is 0 Å². The second-order valence-corrected chi connectivity index (χ2v) is 0.224. The second-order valence-electron chi connectivity index (χ2n) is 0.224. The van der Waals surface area contributed by atoms with Gasteiger partial charge in [-0.05, 0) is 0 Å². The van der Waals surface area contributed by atoms with Crippen molar-refractivity contribution in [1.82, 2.24) is 0 Å². The SMILES string of the molecule is N#CC#N.[Se]. The molecule has 0 fully saturated rings. The molecule has 0 saturated heterocycles. The third-order valence-electron chi connectivity index (χ3n) is 0.0500. The van der Waals surface area contributed by atoms with E-state index in [1.807, 2.05) is 0 Å². The molecule has 0 saturated carbocycles. The number of hydrogen-bond acceptors (Lipinski definition) is 2. The van der Waals surface area contributed by atoms with E-state index in [1.165, 1.54) is 12.1 Å². The van der Waals surface area contributed by atoms with Crippen molar-refractivity contribution in [2.75, 3.05) is 0 Å². The Morgan fingerprint density at radius 2 is 1.20 bits per heavy atom. The average Bonchev–Trinajstić information content (AvgIpc) is 1.37. The maximum atomic E-state index is 7.26. The first kappa shape index (κ1) is 8.82. The number of hydrogen-bond donors (Lipinski definition) is 0. The van der Waals surface area contributed by atoms with Gasteiger partial charge in [-0.1, -0.05) is 0 Å². The first-order valence-corrected chi connectivity index (χ1v) is 0.697. The maximum Gasteiger partial charge on any atom is 0.181 e. The molecule has 0 bridgehead atoms. The molecule has 0 unspecified atom stereocenters. The third kappa shape index (κ3) is 31.5. The van der Waals surface area contributed by atoms with E-state index in [4.69, 9.17) is 10.5 Å². The quantitative estimate of drug-likeness (QED) is 0.422. The van der Waals surface area contributed by atoms with E-state index < -0.39 is 0 Å². The average molecular weight is 131 g/mol. The molecule has 0 rings (SSSR count). The summed E-state index contributed by atoms with van der Waals surface area (Å²) in [6.45, 7) is 0. The van der Waals surface area contributed by atoms with Crippen LogP contribution in [0.3, 0.4) is 0 Å². The molecule has 3 heteroatoms. The first-order chi connectivity index (χ1) is 1.91. The van der Waals surface area contributed by atoms with Gasteiger partial charge in [-0.25, -0.2) is 0 Å². The van der Waals surface area contributed by atoms with Crippen LogP contribution in [0, 0.1) is 22.7 Å². The van der Waals surface area contributed by atoms with Crippen molar-refractivity contribution >= 4 is 17.1 Å². The van der Waals surface area contributed by atoms with Crippen molar-refractivity contribution in [2.24, 2.45) is 0 Å². The van der Waals surface area contributed by atoms with Gasteiger partial charge < -0.3 is 0 Å². The molecule has 0 N–H and O–H groups in total. The van der Waals surface area contributed by atoms with Crippen LogP contribution in [-0.2, 0) is 0 Å². The molecule has 2 nitrogen and oxygen atoms in total. The molecule has 0 aliphatic carbocycles. The van der Waals surface area contributed by atoms with Crippen LogP contribution in [0.25, 0.3) is 0 Å². The molecule has 0 heterocycles. The van der Waals surface area contributed by atoms with Gasteiger partial charge in [0.1, 0.15) is 0 Å². The smallest absolute Gasteiger partial charge is 0.181 e. The van der Waals surface area contributed by atoms with Crippen LogP contribution in [0.15, 0.2) is 0 Å². The summed E-state index contributed by atoms with van der Waals surface area (Å²) >= 11 is 0. The largest absolute Gasteiger partial charge is 0.181 e. The molecular formula is C2N2Se. The minimum atomic E-state index is 0. The van der Waals surface area contributed by atoms with E-state index in [-0.39, 0.29) is 17.1 Å². The molecule has 0 spiro atoms. The minimum absolute atomic E-state index is 0. The van der Waals surface area contributed by atoms with Gasteiger partial charge in [-0.15, -0.1) is 0 Å². The first-order valence-electron chi connectivity index (χ1n) is 0.697. The fraction of sp³-hybridized carbons (Fsp3) is 0. The molecule has 0 atom stereocenters. The molecule has 2 radical (unpaired) electrons. The Morgan fingerprint density at radius 1 is 1.00 bits per heavy atom. The predicted molar refractivity (Wildman–Crippen MR) is 17.0 cm³/mol. The Hall–Kier alpha value is -0.501. The van der Waals surface area contributed by atoms with Gasteiger partial charge in [0.2, 0.25) is 0 Å². The summed E-state index contributed by atoms with van der Waals surface area (Å²) in [6, 6.07) is 2.47. The summed E-state index contributed by atoms with van der Waals surface area (Å²) in [7, 11) is 0. The molecule has 0 aromatic rings. The van der Waals surface area contributed by atoms with E-state index in [1.54, 1.807) is 0 Å². The van der Waals surface area contributed by atoms with E-state index in [2.05, 4.69) is 0 Å². The van der Waals surface area contributed by atoms with Crippen LogP contribution in [-0.4, -0.2) is 17.1 Å². The number of nitriles is 2. The molecular weight excluding hydrogens is 131 g/mol. The standard InChI is InChI=1S/C2N2.Se/c3-1-2-4;. The zero-order chi connectivity index (χ0) is 3.41. The van der Waals surface area contributed by atoms with Gasteiger partial charge in [0.25, 0.3) is 0 Å². The molecule has 0 aliphatic rings. The van der Waals surface area contributed by atoms with Gasteiger partial charge in [0.15, 0.2) is 12.1 Å². The zero-order valence-corrected chi connectivity index (χ0v) is 4.02. The van der Waals surface area contributed by atoms with Crippen molar-refractivity contribution in [2.45, 2.75) is 0 Å². The Morgan fingerprint density at radius 3 is 1.20 bits per heavy atom. The molecule has 5 heavy (non-hydrogen) atoms. The molecule has 0 aromatic carbocycles. The summed E-state index contributed by atoms with van der Waals surface area (Å²) in [5, 5.41) is 14.5. The summed E-state index contributed by atoms with van der Waals surface area (Å²) in [4.78, 5) is 0. The van der Waals surface area contributed by atoms with E-state index in [0.29, 0.717) is 0 Å². The van der Waals surface area contributed by atoms with Crippen LogP contribution < -0.4 is 0 Å². The Kier molecular flexibility index (Phi) is 17.2. The molecule has 0 aromatic heterocycles. The van der Waals surface area contributed by atoms with Crippen LogP contribution in [0.2, 0.25) is 0 Å². The summed E-state index contributed by atoms with van der Waals surface area (Å²) in [5.41, 5.74) is 0. The fourth-order valence-corrected chi connectivity index (χ4v) is 0. The molecule has 0 aliphatic heterocycles. The van der Waals surface area contributed by atoms with Crippen molar-refractivity contribution in [3.8, 4) is 12.1 Å². The van der Waals surface area contributed by atoms with Crippen molar-refractivity contribution < 1.29 is 0 Å². The van der Waals surface area contributed by atoms with Gasteiger partial charge in [-0.2, -0.15) is 10.5 Å². The van der Waals surface area contributed by atoms with Crippen LogP contribution in [0.4, 0.5) is 0 Å². The molecule has 24 valence electrons. The Balaban J connectivity index is 0. The third-order valence-corrected chi connectivity index (χ3v) is 0.0500. The Labute approximate surface area is 40.5 Å². The van der Waals surface area contributed by atoms with E-state index >= 15 is 0 Å². The summed E-state index contributed by atoms with van der Waals surface area (Å²) < 4.78 is 0. The minimum Gasteiger partial charge on any atom is -0.181 e. The van der Waals surface area contributed by atoms with Crippen molar-refractivity contribution in [3.63, 3.8) is 0 Å². The van der Waals surface area contributed by atoms with Gasteiger partial charge >= 0.3 is 0 Å². The van der Waals surface area contributed by atoms with E-state index in [9.17, 15) is 0 Å². The van der Waals surface area contributed by atoms with Gasteiger partial charge in [0, 0.05) is 17.1 Å². The predicted octanol–water partition coefficient (Wildman–Crippen LogP) is -0.347. The van der Waals surface area contributed by atoms with E-state index in [0.717, 1.165) is 0 Å². The zero-order valence-electron chi connectivity index (χ0n) is 2.30. The van der Waals surface area contributed by atoms with Crippen LogP contribution in [0.5, 0.6) is 0 Å². The molecule has 0 amide bonds. The maximum absolute atomic E-state index is 7.26. The van der Waals surface area contributed by atoms with Crippen LogP contribution >= 0.6 is 0 Å². The van der Waals surface area contributed by atoms with Gasteiger partial charge in [0.05, 0.1) is 0 Å². The van der Waals surface area contributed by atoms with Crippen molar-refractivity contribution in [1.29, 1.82) is 10.5 Å². The summed E-state index contributed by atoms with van der Waals surface area (Å²) in [5.74, 6) is 0.